The lowest BCUT2D eigenvalue weighted by molar-refractivity contribution is -0.129. The van der Waals surface area contributed by atoms with Crippen LogP contribution in [0, 0.1) is 0 Å². The molecule has 0 bridgehead atoms. The lowest BCUT2D eigenvalue weighted by atomic mass is 10.1. The van der Waals surface area contributed by atoms with Gasteiger partial charge in [0, 0.05) is 30.2 Å². The van der Waals surface area contributed by atoms with Crippen molar-refractivity contribution < 1.29 is 4.79 Å². The highest BCUT2D eigenvalue weighted by atomic mass is 32.1. The van der Waals surface area contributed by atoms with Crippen LogP contribution in [0.15, 0.2) is 29.6 Å². The summed E-state index contributed by atoms with van der Waals surface area (Å²) >= 11 is 1.52. The number of aromatic nitrogens is 1. The second-order valence-electron chi connectivity index (χ2n) is 5.10. The summed E-state index contributed by atoms with van der Waals surface area (Å²) in [6.07, 6.45) is 2.50. The number of hydrogen-bond acceptors (Lipinski definition) is 4. The van der Waals surface area contributed by atoms with Gasteiger partial charge < -0.3 is 10.6 Å². The molecule has 0 fully saturated rings. The van der Waals surface area contributed by atoms with Crippen molar-refractivity contribution in [3.63, 3.8) is 0 Å². The van der Waals surface area contributed by atoms with Crippen molar-refractivity contribution in [1.29, 1.82) is 0 Å². The monoisotopic (exact) mass is 303 g/mol. The van der Waals surface area contributed by atoms with E-state index >= 15 is 0 Å². The highest BCUT2D eigenvalue weighted by Gasteiger charge is 2.12. The number of nitrogen functional groups attached to an aromatic ring is 1. The minimum atomic E-state index is 0.122. The first-order chi connectivity index (χ1) is 10.1. The summed E-state index contributed by atoms with van der Waals surface area (Å²) < 4.78 is 0. The number of rotatable bonds is 6. The van der Waals surface area contributed by atoms with Gasteiger partial charge in [0.25, 0.3) is 0 Å². The summed E-state index contributed by atoms with van der Waals surface area (Å²) in [5.74, 6) is 0.122. The maximum Gasteiger partial charge on any atom is 0.229 e. The van der Waals surface area contributed by atoms with E-state index in [2.05, 4.69) is 11.9 Å². The SMILES string of the molecule is CCCCN(C)C(=O)Cc1nc(-c2cccc(N)c2)cs1. The third kappa shape index (κ3) is 4.29. The van der Waals surface area contributed by atoms with E-state index in [1.807, 2.05) is 36.7 Å². The molecular formula is C16H21N3OS. The maximum absolute atomic E-state index is 12.1. The molecule has 5 heteroatoms. The van der Waals surface area contributed by atoms with Gasteiger partial charge in [-0.25, -0.2) is 4.98 Å². The molecule has 2 aromatic rings. The number of likely N-dealkylation sites (N-methyl/N-ethyl adjacent to an activating group) is 1. The van der Waals surface area contributed by atoms with E-state index in [0.717, 1.165) is 41.3 Å². The molecule has 0 unspecified atom stereocenters. The van der Waals surface area contributed by atoms with Crippen LogP contribution in [0.1, 0.15) is 24.8 Å². The van der Waals surface area contributed by atoms with Gasteiger partial charge >= 0.3 is 0 Å². The molecule has 1 heterocycles. The Labute approximate surface area is 129 Å². The quantitative estimate of drug-likeness (QED) is 0.834. The largest absolute Gasteiger partial charge is 0.399 e. The number of anilines is 1. The van der Waals surface area contributed by atoms with Gasteiger partial charge in [-0.15, -0.1) is 11.3 Å². The van der Waals surface area contributed by atoms with Gasteiger partial charge in [0.2, 0.25) is 5.91 Å². The Morgan fingerprint density at radius 3 is 2.95 bits per heavy atom. The van der Waals surface area contributed by atoms with Crippen molar-refractivity contribution in [1.82, 2.24) is 9.88 Å². The van der Waals surface area contributed by atoms with Crippen LogP contribution in [-0.2, 0) is 11.2 Å². The third-order valence-corrected chi connectivity index (χ3v) is 4.16. The predicted molar refractivity (Wildman–Crippen MR) is 88.2 cm³/mol. The fourth-order valence-corrected chi connectivity index (χ4v) is 2.80. The van der Waals surface area contributed by atoms with Crippen LogP contribution in [0.2, 0.25) is 0 Å². The molecule has 0 saturated carbocycles. The molecule has 0 aliphatic rings. The molecule has 112 valence electrons. The smallest absolute Gasteiger partial charge is 0.229 e. The Bertz CT molecular complexity index is 609. The maximum atomic E-state index is 12.1. The van der Waals surface area contributed by atoms with Gasteiger partial charge in [-0.05, 0) is 18.6 Å². The van der Waals surface area contributed by atoms with Crippen LogP contribution in [0.4, 0.5) is 5.69 Å². The number of carbonyl (C=O) groups is 1. The van der Waals surface area contributed by atoms with E-state index in [0.29, 0.717) is 6.42 Å². The summed E-state index contributed by atoms with van der Waals surface area (Å²) in [5, 5.41) is 2.82. The fourth-order valence-electron chi connectivity index (χ4n) is 2.01. The van der Waals surface area contributed by atoms with Gasteiger partial charge in [-0.3, -0.25) is 4.79 Å². The summed E-state index contributed by atoms with van der Waals surface area (Å²) in [6.45, 7) is 2.93. The highest BCUT2D eigenvalue weighted by molar-refractivity contribution is 7.10. The van der Waals surface area contributed by atoms with Crippen molar-refractivity contribution in [3.8, 4) is 11.3 Å². The fraction of sp³-hybridized carbons (Fsp3) is 0.375. The average molecular weight is 303 g/mol. The zero-order chi connectivity index (χ0) is 15.2. The molecule has 1 aromatic carbocycles. The molecule has 2 N–H and O–H groups in total. The molecule has 2 rings (SSSR count). The Balaban J connectivity index is 2.02. The van der Waals surface area contributed by atoms with Crippen molar-refractivity contribution in [2.24, 2.45) is 0 Å². The van der Waals surface area contributed by atoms with Crippen LogP contribution in [0.5, 0.6) is 0 Å². The van der Waals surface area contributed by atoms with Gasteiger partial charge in [0.05, 0.1) is 12.1 Å². The van der Waals surface area contributed by atoms with E-state index < -0.39 is 0 Å². The zero-order valence-electron chi connectivity index (χ0n) is 12.5. The van der Waals surface area contributed by atoms with E-state index in [4.69, 9.17) is 5.73 Å². The van der Waals surface area contributed by atoms with Crippen LogP contribution in [-0.4, -0.2) is 29.4 Å². The third-order valence-electron chi connectivity index (χ3n) is 3.31. The van der Waals surface area contributed by atoms with Gasteiger partial charge in [-0.1, -0.05) is 25.5 Å². The van der Waals surface area contributed by atoms with Crippen molar-refractivity contribution >= 4 is 22.9 Å². The Morgan fingerprint density at radius 1 is 1.43 bits per heavy atom. The summed E-state index contributed by atoms with van der Waals surface area (Å²) in [4.78, 5) is 18.4. The molecule has 1 aromatic heterocycles. The molecular weight excluding hydrogens is 282 g/mol. The Hall–Kier alpha value is -1.88. The summed E-state index contributed by atoms with van der Waals surface area (Å²) in [6, 6.07) is 7.63. The molecule has 21 heavy (non-hydrogen) atoms. The van der Waals surface area contributed by atoms with Gasteiger partial charge in [-0.2, -0.15) is 0 Å². The first kappa shape index (κ1) is 15.5. The van der Waals surface area contributed by atoms with Crippen LogP contribution >= 0.6 is 11.3 Å². The molecule has 0 saturated heterocycles. The standard InChI is InChI=1S/C16H21N3OS/c1-3-4-8-19(2)16(20)10-15-18-14(11-21-15)12-6-5-7-13(17)9-12/h5-7,9,11H,3-4,8,10,17H2,1-2H3. The van der Waals surface area contributed by atoms with E-state index in [1.165, 1.54) is 11.3 Å². The molecule has 4 nitrogen and oxygen atoms in total. The molecule has 0 radical (unpaired) electrons. The van der Waals surface area contributed by atoms with Gasteiger partial charge in [0.15, 0.2) is 0 Å². The number of benzene rings is 1. The van der Waals surface area contributed by atoms with E-state index in [9.17, 15) is 4.79 Å². The topological polar surface area (TPSA) is 59.2 Å². The number of nitrogens with two attached hydrogens (primary N) is 1. The second kappa shape index (κ2) is 7.22. The van der Waals surface area contributed by atoms with Crippen molar-refractivity contribution in [2.75, 3.05) is 19.3 Å². The molecule has 0 aliphatic heterocycles. The molecule has 0 atom stereocenters. The zero-order valence-corrected chi connectivity index (χ0v) is 13.3. The van der Waals surface area contributed by atoms with Crippen molar-refractivity contribution in [2.45, 2.75) is 26.2 Å². The van der Waals surface area contributed by atoms with Crippen LogP contribution in [0.3, 0.4) is 0 Å². The van der Waals surface area contributed by atoms with E-state index in [-0.39, 0.29) is 5.91 Å². The number of amides is 1. The molecule has 1 amide bonds. The Kier molecular flexibility index (Phi) is 5.33. The number of nitrogens with zero attached hydrogens (tertiary/aromatic N) is 2. The van der Waals surface area contributed by atoms with Gasteiger partial charge in [0.1, 0.15) is 5.01 Å². The average Bonchev–Trinajstić information content (AvgIpc) is 2.93. The first-order valence-corrected chi connectivity index (χ1v) is 8.02. The van der Waals surface area contributed by atoms with Crippen LogP contribution < -0.4 is 5.73 Å². The highest BCUT2D eigenvalue weighted by Crippen LogP contribution is 2.23. The Morgan fingerprint density at radius 2 is 2.24 bits per heavy atom. The second-order valence-corrected chi connectivity index (χ2v) is 6.04. The minimum absolute atomic E-state index is 0.122. The number of thiazole rings is 1. The minimum Gasteiger partial charge on any atom is -0.399 e. The van der Waals surface area contributed by atoms with E-state index in [1.54, 1.807) is 4.90 Å². The number of hydrogen-bond donors (Lipinski definition) is 1. The summed E-state index contributed by atoms with van der Waals surface area (Å²) in [5.41, 5.74) is 8.38. The summed E-state index contributed by atoms with van der Waals surface area (Å²) in [7, 11) is 1.85. The lowest BCUT2D eigenvalue weighted by Gasteiger charge is -2.15. The molecule has 0 aliphatic carbocycles. The molecule has 0 spiro atoms. The number of unbranched alkanes of at least 4 members (excludes halogenated alkanes) is 1. The first-order valence-electron chi connectivity index (χ1n) is 7.14. The lowest BCUT2D eigenvalue weighted by Crippen LogP contribution is -2.29. The number of carbonyl (C=O) groups excluding carboxylic acids is 1. The van der Waals surface area contributed by atoms with Crippen LogP contribution in [0.25, 0.3) is 11.3 Å². The predicted octanol–water partition coefficient (Wildman–Crippen LogP) is 3.19. The van der Waals surface area contributed by atoms with Crippen molar-refractivity contribution in [3.05, 3.63) is 34.7 Å². The normalized spacial score (nSPS) is 10.6.